The van der Waals surface area contributed by atoms with Crippen LogP contribution in [0.25, 0.3) is 0 Å². The lowest BCUT2D eigenvalue weighted by atomic mass is 10.1. The molecule has 1 aliphatic heterocycles. The van der Waals surface area contributed by atoms with Crippen LogP contribution in [0.4, 0.5) is 4.39 Å². The molecule has 1 fully saturated rings. The molecule has 0 aliphatic carbocycles. The van der Waals surface area contributed by atoms with E-state index in [1.54, 1.807) is 0 Å². The highest BCUT2D eigenvalue weighted by molar-refractivity contribution is 4.68. The first kappa shape index (κ1) is 6.96. The molecule has 3 heteroatoms. The molecule has 0 saturated carbocycles. The second-order valence-electron chi connectivity index (χ2n) is 2.33. The van der Waals surface area contributed by atoms with Crippen molar-refractivity contribution in [2.75, 3.05) is 13.3 Å². The fourth-order valence-corrected chi connectivity index (χ4v) is 0.968. The molecule has 0 aromatic carbocycles. The molecule has 0 aromatic rings. The topological polar surface area (TPSA) is 29.5 Å². The zero-order valence-corrected chi connectivity index (χ0v) is 5.22. The Balaban J connectivity index is 2.23. The third-order valence-electron chi connectivity index (χ3n) is 1.51. The van der Waals surface area contributed by atoms with Crippen LogP contribution in [-0.4, -0.2) is 30.6 Å². The third kappa shape index (κ3) is 1.91. The van der Waals surface area contributed by atoms with Gasteiger partial charge in [-0.15, -0.1) is 0 Å². The Morgan fingerprint density at radius 3 is 2.89 bits per heavy atom. The summed E-state index contributed by atoms with van der Waals surface area (Å²) in [5.41, 5.74) is 0. The molecule has 0 amide bonds. The molecule has 1 aliphatic rings. The number of halogens is 1. The minimum Gasteiger partial charge on any atom is -0.393 e. The SMILES string of the molecule is O[C@H]1CCO[C@H](CF)C1. The van der Waals surface area contributed by atoms with Crippen molar-refractivity contribution in [3.8, 4) is 0 Å². The van der Waals surface area contributed by atoms with E-state index in [-0.39, 0.29) is 12.2 Å². The molecule has 1 N–H and O–H groups in total. The third-order valence-corrected chi connectivity index (χ3v) is 1.51. The van der Waals surface area contributed by atoms with Crippen LogP contribution >= 0.6 is 0 Å². The maximum absolute atomic E-state index is 11.8. The van der Waals surface area contributed by atoms with Crippen molar-refractivity contribution >= 4 is 0 Å². The van der Waals surface area contributed by atoms with Crippen molar-refractivity contribution in [1.82, 2.24) is 0 Å². The summed E-state index contributed by atoms with van der Waals surface area (Å²) >= 11 is 0. The summed E-state index contributed by atoms with van der Waals surface area (Å²) < 4.78 is 16.8. The summed E-state index contributed by atoms with van der Waals surface area (Å²) in [5.74, 6) is 0. The second-order valence-corrected chi connectivity index (χ2v) is 2.33. The Kier molecular flexibility index (Phi) is 2.42. The van der Waals surface area contributed by atoms with Gasteiger partial charge in [-0.2, -0.15) is 0 Å². The molecule has 0 spiro atoms. The van der Waals surface area contributed by atoms with Gasteiger partial charge in [0.15, 0.2) is 0 Å². The molecule has 1 rings (SSSR count). The highest BCUT2D eigenvalue weighted by Gasteiger charge is 2.19. The Labute approximate surface area is 53.6 Å². The van der Waals surface area contributed by atoms with Gasteiger partial charge in [-0.3, -0.25) is 0 Å². The molecule has 1 heterocycles. The van der Waals surface area contributed by atoms with Gasteiger partial charge >= 0.3 is 0 Å². The van der Waals surface area contributed by atoms with Gasteiger partial charge in [-0.05, 0) is 6.42 Å². The van der Waals surface area contributed by atoms with E-state index >= 15 is 0 Å². The summed E-state index contributed by atoms with van der Waals surface area (Å²) in [4.78, 5) is 0. The second kappa shape index (κ2) is 3.13. The van der Waals surface area contributed by atoms with Crippen molar-refractivity contribution in [2.45, 2.75) is 25.0 Å². The number of hydrogen-bond donors (Lipinski definition) is 1. The van der Waals surface area contributed by atoms with E-state index < -0.39 is 6.67 Å². The van der Waals surface area contributed by atoms with Crippen LogP contribution in [-0.2, 0) is 4.74 Å². The number of rotatable bonds is 1. The molecule has 0 bridgehead atoms. The van der Waals surface area contributed by atoms with Crippen LogP contribution in [0.1, 0.15) is 12.8 Å². The molecular weight excluding hydrogens is 123 g/mol. The van der Waals surface area contributed by atoms with Crippen LogP contribution in [0.15, 0.2) is 0 Å². The van der Waals surface area contributed by atoms with Crippen LogP contribution in [0.5, 0.6) is 0 Å². The van der Waals surface area contributed by atoms with Crippen molar-refractivity contribution in [1.29, 1.82) is 0 Å². The predicted molar refractivity (Wildman–Crippen MR) is 31.0 cm³/mol. The molecule has 2 atom stereocenters. The molecular formula is C6H11FO2. The first-order valence-electron chi connectivity index (χ1n) is 3.18. The van der Waals surface area contributed by atoms with Gasteiger partial charge in [0.1, 0.15) is 6.67 Å². The Hall–Kier alpha value is -0.150. The predicted octanol–water partition coefficient (Wildman–Crippen LogP) is 0.496. The zero-order valence-electron chi connectivity index (χ0n) is 5.22. The quantitative estimate of drug-likeness (QED) is 0.565. The molecule has 1 saturated heterocycles. The van der Waals surface area contributed by atoms with Gasteiger partial charge < -0.3 is 9.84 Å². The van der Waals surface area contributed by atoms with Crippen LogP contribution in [0, 0.1) is 0 Å². The summed E-state index contributed by atoms with van der Waals surface area (Å²) in [5, 5.41) is 8.96. The lowest BCUT2D eigenvalue weighted by molar-refractivity contribution is -0.0518. The van der Waals surface area contributed by atoms with Crippen LogP contribution in [0.3, 0.4) is 0 Å². The molecule has 0 unspecified atom stereocenters. The van der Waals surface area contributed by atoms with Crippen molar-refractivity contribution in [3.63, 3.8) is 0 Å². The highest BCUT2D eigenvalue weighted by Crippen LogP contribution is 2.13. The number of alkyl halides is 1. The molecule has 2 nitrogen and oxygen atoms in total. The van der Waals surface area contributed by atoms with Crippen molar-refractivity contribution in [2.24, 2.45) is 0 Å². The normalized spacial score (nSPS) is 36.7. The Morgan fingerprint density at radius 2 is 2.44 bits per heavy atom. The summed E-state index contributed by atoms with van der Waals surface area (Å²) in [6, 6.07) is 0. The Morgan fingerprint density at radius 1 is 1.67 bits per heavy atom. The summed E-state index contributed by atoms with van der Waals surface area (Å²) in [6.45, 7) is 0.0206. The lowest BCUT2D eigenvalue weighted by Gasteiger charge is -2.23. The van der Waals surface area contributed by atoms with Crippen molar-refractivity contribution in [3.05, 3.63) is 0 Å². The average Bonchev–Trinajstić information content (AvgIpc) is 1.88. The van der Waals surface area contributed by atoms with E-state index in [9.17, 15) is 4.39 Å². The monoisotopic (exact) mass is 134 g/mol. The summed E-state index contributed by atoms with van der Waals surface area (Å²) in [7, 11) is 0. The van der Waals surface area contributed by atoms with Gasteiger partial charge in [0.05, 0.1) is 12.2 Å². The van der Waals surface area contributed by atoms with Gasteiger partial charge in [-0.25, -0.2) is 4.39 Å². The zero-order chi connectivity index (χ0) is 6.69. The average molecular weight is 134 g/mol. The first-order chi connectivity index (χ1) is 4.33. The maximum atomic E-state index is 11.8. The number of aliphatic hydroxyl groups is 1. The van der Waals surface area contributed by atoms with Crippen LogP contribution in [0.2, 0.25) is 0 Å². The molecule has 0 radical (unpaired) electrons. The van der Waals surface area contributed by atoms with Crippen LogP contribution < -0.4 is 0 Å². The fraction of sp³-hybridized carbons (Fsp3) is 1.00. The smallest absolute Gasteiger partial charge is 0.116 e. The van der Waals surface area contributed by atoms with E-state index in [2.05, 4.69) is 0 Å². The highest BCUT2D eigenvalue weighted by atomic mass is 19.1. The van der Waals surface area contributed by atoms with E-state index in [0.717, 1.165) is 0 Å². The van der Waals surface area contributed by atoms with Crippen molar-refractivity contribution < 1.29 is 14.2 Å². The largest absolute Gasteiger partial charge is 0.393 e. The summed E-state index contributed by atoms with van der Waals surface area (Å²) in [6.07, 6.45) is 0.403. The molecule has 0 aromatic heterocycles. The van der Waals surface area contributed by atoms with Gasteiger partial charge in [-0.1, -0.05) is 0 Å². The molecule has 9 heavy (non-hydrogen) atoms. The van der Waals surface area contributed by atoms with E-state index in [0.29, 0.717) is 19.4 Å². The van der Waals surface area contributed by atoms with Gasteiger partial charge in [0, 0.05) is 13.0 Å². The number of hydrogen-bond acceptors (Lipinski definition) is 2. The van der Waals surface area contributed by atoms with Gasteiger partial charge in [0.25, 0.3) is 0 Å². The van der Waals surface area contributed by atoms with E-state index in [1.165, 1.54) is 0 Å². The van der Waals surface area contributed by atoms with E-state index in [1.807, 2.05) is 0 Å². The lowest BCUT2D eigenvalue weighted by Crippen LogP contribution is -2.30. The number of aliphatic hydroxyl groups excluding tert-OH is 1. The number of ether oxygens (including phenoxy) is 1. The van der Waals surface area contributed by atoms with E-state index in [4.69, 9.17) is 9.84 Å². The molecule has 54 valence electrons. The Bertz CT molecular complexity index is 87.1. The maximum Gasteiger partial charge on any atom is 0.116 e. The fourth-order valence-electron chi connectivity index (χ4n) is 0.968. The van der Waals surface area contributed by atoms with Gasteiger partial charge in [0.2, 0.25) is 0 Å². The first-order valence-corrected chi connectivity index (χ1v) is 3.18. The standard InChI is InChI=1S/C6H11FO2/c7-4-6-3-5(8)1-2-9-6/h5-6,8H,1-4H2/t5-,6-/m0/s1. The minimum absolute atomic E-state index is 0.348. The minimum atomic E-state index is -0.475.